The van der Waals surface area contributed by atoms with Crippen molar-refractivity contribution in [3.63, 3.8) is 0 Å². The third kappa shape index (κ3) is 3.75. The van der Waals surface area contributed by atoms with Crippen LogP contribution in [0, 0.1) is 0 Å². The van der Waals surface area contributed by atoms with Gasteiger partial charge in [0.2, 0.25) is 0 Å². The number of carbonyl (C=O) groups excluding carboxylic acids is 1. The summed E-state index contributed by atoms with van der Waals surface area (Å²) in [5, 5.41) is 11.7. The molecule has 5 nitrogen and oxygen atoms in total. The van der Waals surface area contributed by atoms with Crippen LogP contribution in [0.4, 0.5) is 0 Å². The van der Waals surface area contributed by atoms with Gasteiger partial charge in [0.25, 0.3) is 5.91 Å². The second-order valence-electron chi connectivity index (χ2n) is 5.39. The zero-order valence-corrected chi connectivity index (χ0v) is 14.7. The second-order valence-corrected chi connectivity index (χ2v) is 6.42. The first-order valence-electron chi connectivity index (χ1n) is 6.86. The number of likely N-dealkylation sites (N-methyl/N-ethyl adjacent to an activating group) is 1. The van der Waals surface area contributed by atoms with E-state index in [2.05, 4.69) is 29.6 Å². The first-order valence-corrected chi connectivity index (χ1v) is 7.67. The Hall–Kier alpha value is -1.11. The van der Waals surface area contributed by atoms with Gasteiger partial charge < -0.3 is 10.6 Å². The lowest BCUT2D eigenvalue weighted by Gasteiger charge is -2.10. The van der Waals surface area contributed by atoms with Crippen LogP contribution in [0.25, 0.3) is 10.2 Å². The van der Waals surface area contributed by atoms with Gasteiger partial charge in [0, 0.05) is 25.0 Å². The smallest absolute Gasteiger partial charge is 0.261 e. The van der Waals surface area contributed by atoms with Gasteiger partial charge in [-0.3, -0.25) is 9.48 Å². The Morgan fingerprint density at radius 3 is 2.67 bits per heavy atom. The maximum atomic E-state index is 12.2. The number of aromatic nitrogens is 2. The average Bonchev–Trinajstić information content (AvgIpc) is 2.96. The predicted molar refractivity (Wildman–Crippen MR) is 90.8 cm³/mol. The largest absolute Gasteiger partial charge is 0.350 e. The van der Waals surface area contributed by atoms with Gasteiger partial charge in [-0.25, -0.2) is 0 Å². The van der Waals surface area contributed by atoms with Crippen LogP contribution in [-0.2, 0) is 7.05 Å². The summed E-state index contributed by atoms with van der Waals surface area (Å²) in [6.07, 6.45) is 0. The minimum atomic E-state index is -0.0111. The Labute approximate surface area is 135 Å². The molecule has 0 aliphatic rings. The van der Waals surface area contributed by atoms with Crippen molar-refractivity contribution in [3.05, 3.63) is 16.6 Å². The van der Waals surface area contributed by atoms with E-state index in [0.717, 1.165) is 20.8 Å². The zero-order chi connectivity index (χ0) is 14.9. The molecular formula is C14H23ClN4OS. The van der Waals surface area contributed by atoms with Crippen molar-refractivity contribution in [1.29, 1.82) is 0 Å². The van der Waals surface area contributed by atoms with E-state index >= 15 is 0 Å². The van der Waals surface area contributed by atoms with E-state index in [9.17, 15) is 4.79 Å². The predicted octanol–water partition coefficient (Wildman–Crippen LogP) is 2.52. The first-order chi connectivity index (χ1) is 9.43. The number of nitrogens with zero attached hydrogens (tertiary/aromatic N) is 2. The number of hydrogen-bond donors (Lipinski definition) is 2. The molecule has 0 bridgehead atoms. The summed E-state index contributed by atoms with van der Waals surface area (Å²) in [5.74, 6) is 0.344. The Kier molecular flexibility index (Phi) is 6.19. The maximum Gasteiger partial charge on any atom is 0.261 e. The van der Waals surface area contributed by atoms with E-state index in [1.165, 1.54) is 11.3 Å². The minimum absolute atomic E-state index is 0. The maximum absolute atomic E-state index is 12.2. The van der Waals surface area contributed by atoms with Crippen molar-refractivity contribution in [2.45, 2.75) is 32.7 Å². The number of thiophene rings is 1. The van der Waals surface area contributed by atoms with Crippen molar-refractivity contribution in [2.24, 2.45) is 7.05 Å². The fourth-order valence-corrected chi connectivity index (χ4v) is 3.04. The molecule has 7 heteroatoms. The molecule has 0 fully saturated rings. The van der Waals surface area contributed by atoms with Crippen LogP contribution in [0.2, 0.25) is 0 Å². The highest BCUT2D eigenvalue weighted by atomic mass is 35.5. The van der Waals surface area contributed by atoms with Gasteiger partial charge in [-0.2, -0.15) is 5.10 Å². The molecule has 2 heterocycles. The number of aryl methyl sites for hydroxylation is 1. The average molecular weight is 331 g/mol. The number of amides is 1. The number of rotatable bonds is 5. The normalized spacial score (nSPS) is 12.5. The van der Waals surface area contributed by atoms with E-state index in [1.807, 2.05) is 31.8 Å². The van der Waals surface area contributed by atoms with Crippen LogP contribution in [0.15, 0.2) is 6.07 Å². The molecule has 0 saturated heterocycles. The third-order valence-electron chi connectivity index (χ3n) is 3.37. The summed E-state index contributed by atoms with van der Waals surface area (Å²) < 4.78 is 1.86. The van der Waals surface area contributed by atoms with Gasteiger partial charge >= 0.3 is 0 Å². The molecule has 21 heavy (non-hydrogen) atoms. The lowest BCUT2D eigenvalue weighted by molar-refractivity contribution is 0.0954. The highest BCUT2D eigenvalue weighted by molar-refractivity contribution is 7.20. The van der Waals surface area contributed by atoms with E-state index in [-0.39, 0.29) is 24.4 Å². The molecule has 1 atom stereocenters. The number of carbonyl (C=O) groups is 1. The molecule has 0 spiro atoms. The van der Waals surface area contributed by atoms with Crippen LogP contribution >= 0.6 is 23.7 Å². The standard InChI is InChI=1S/C14H22N4OS.ClH/c1-8(2)12-10-6-11(20-14(10)18(5)17-12)13(19)16-7-9(3)15-4;/h6,8-9,15H,7H2,1-5H3,(H,16,19);1H. The van der Waals surface area contributed by atoms with Crippen molar-refractivity contribution in [1.82, 2.24) is 20.4 Å². The number of nitrogens with one attached hydrogen (secondary N) is 2. The lowest BCUT2D eigenvalue weighted by atomic mass is 10.1. The molecule has 0 aromatic carbocycles. The van der Waals surface area contributed by atoms with Gasteiger partial charge in [-0.05, 0) is 26.0 Å². The number of hydrogen-bond acceptors (Lipinski definition) is 4. The highest BCUT2D eigenvalue weighted by Gasteiger charge is 2.18. The van der Waals surface area contributed by atoms with Crippen LogP contribution in [0.5, 0.6) is 0 Å². The highest BCUT2D eigenvalue weighted by Crippen LogP contribution is 2.31. The summed E-state index contributed by atoms with van der Waals surface area (Å²) in [5.41, 5.74) is 1.06. The van der Waals surface area contributed by atoms with Crippen LogP contribution in [0.1, 0.15) is 42.1 Å². The monoisotopic (exact) mass is 330 g/mol. The van der Waals surface area contributed by atoms with Crippen LogP contribution in [-0.4, -0.2) is 35.3 Å². The van der Waals surface area contributed by atoms with Gasteiger partial charge in [0.1, 0.15) is 4.83 Å². The summed E-state index contributed by atoms with van der Waals surface area (Å²) in [6, 6.07) is 2.23. The summed E-state index contributed by atoms with van der Waals surface area (Å²) >= 11 is 1.50. The van der Waals surface area contributed by atoms with Crippen LogP contribution < -0.4 is 10.6 Å². The Morgan fingerprint density at radius 2 is 2.10 bits per heavy atom. The Balaban J connectivity index is 0.00000220. The van der Waals surface area contributed by atoms with Gasteiger partial charge in [-0.15, -0.1) is 23.7 Å². The molecule has 1 unspecified atom stereocenters. The topological polar surface area (TPSA) is 58.9 Å². The van der Waals surface area contributed by atoms with Crippen molar-refractivity contribution in [3.8, 4) is 0 Å². The molecular weight excluding hydrogens is 308 g/mol. The molecule has 0 aliphatic heterocycles. The number of halogens is 1. The van der Waals surface area contributed by atoms with E-state index < -0.39 is 0 Å². The molecule has 1 amide bonds. The lowest BCUT2D eigenvalue weighted by Crippen LogP contribution is -2.36. The summed E-state index contributed by atoms with van der Waals surface area (Å²) in [6.45, 7) is 6.90. The van der Waals surface area contributed by atoms with E-state index in [1.54, 1.807) is 0 Å². The molecule has 2 aromatic rings. The Bertz CT molecular complexity index is 620. The molecule has 0 aliphatic carbocycles. The molecule has 0 radical (unpaired) electrons. The van der Waals surface area contributed by atoms with Gasteiger partial charge in [-0.1, -0.05) is 13.8 Å². The van der Waals surface area contributed by atoms with Crippen molar-refractivity contribution < 1.29 is 4.79 Å². The molecule has 118 valence electrons. The van der Waals surface area contributed by atoms with Crippen molar-refractivity contribution in [2.75, 3.05) is 13.6 Å². The quantitative estimate of drug-likeness (QED) is 0.885. The summed E-state index contributed by atoms with van der Waals surface area (Å²) in [4.78, 5) is 14.0. The van der Waals surface area contributed by atoms with Crippen molar-refractivity contribution >= 4 is 39.9 Å². The minimum Gasteiger partial charge on any atom is -0.350 e. The second kappa shape index (κ2) is 7.24. The molecule has 0 saturated carbocycles. The Morgan fingerprint density at radius 1 is 1.43 bits per heavy atom. The molecule has 2 N–H and O–H groups in total. The fourth-order valence-electron chi connectivity index (χ4n) is 2.04. The first kappa shape index (κ1) is 17.9. The van der Waals surface area contributed by atoms with Crippen LogP contribution in [0.3, 0.4) is 0 Å². The number of fused-ring (bicyclic) bond motifs is 1. The molecule has 2 aromatic heterocycles. The SMILES string of the molecule is CNC(C)CNC(=O)c1cc2c(C(C)C)nn(C)c2s1.Cl. The fraction of sp³-hybridized carbons (Fsp3) is 0.571. The zero-order valence-electron chi connectivity index (χ0n) is 13.1. The molecule has 2 rings (SSSR count). The van der Waals surface area contributed by atoms with E-state index in [0.29, 0.717) is 12.5 Å². The van der Waals surface area contributed by atoms with E-state index in [4.69, 9.17) is 0 Å². The summed E-state index contributed by atoms with van der Waals surface area (Å²) in [7, 11) is 3.81. The third-order valence-corrected chi connectivity index (χ3v) is 4.57. The van der Waals surface area contributed by atoms with Gasteiger partial charge in [0.15, 0.2) is 0 Å². The van der Waals surface area contributed by atoms with Gasteiger partial charge in [0.05, 0.1) is 10.6 Å².